The Bertz CT molecular complexity index is 1010. The van der Waals surface area contributed by atoms with E-state index in [0.29, 0.717) is 18.8 Å². The van der Waals surface area contributed by atoms with Gasteiger partial charge in [0.2, 0.25) is 5.91 Å². The molecule has 4 rings (SSSR count). The van der Waals surface area contributed by atoms with Gasteiger partial charge in [-0.25, -0.2) is 9.97 Å². The molecule has 0 radical (unpaired) electrons. The van der Waals surface area contributed by atoms with E-state index >= 15 is 0 Å². The summed E-state index contributed by atoms with van der Waals surface area (Å²) >= 11 is 3.02. The first-order valence-corrected chi connectivity index (χ1v) is 11.9. The Morgan fingerprint density at radius 3 is 2.45 bits per heavy atom. The third-order valence-corrected chi connectivity index (χ3v) is 7.07. The van der Waals surface area contributed by atoms with Crippen molar-refractivity contribution >= 4 is 35.1 Å². The molecule has 1 aliphatic rings. The van der Waals surface area contributed by atoms with Crippen LogP contribution in [0.2, 0.25) is 0 Å². The Balaban J connectivity index is 1.31. The van der Waals surface area contributed by atoms with E-state index in [9.17, 15) is 4.79 Å². The molecule has 1 saturated heterocycles. The molecular weight excluding hydrogens is 428 g/mol. The maximum Gasteiger partial charge on any atom is 0.233 e. The molecule has 3 aromatic rings. The van der Waals surface area contributed by atoms with Gasteiger partial charge in [0.15, 0.2) is 0 Å². The smallest absolute Gasteiger partial charge is 0.233 e. The molecule has 1 aromatic heterocycles. The highest BCUT2D eigenvalue weighted by molar-refractivity contribution is 8.02. The molecule has 0 bridgehead atoms. The number of piperazine rings is 1. The molecule has 0 N–H and O–H groups in total. The predicted octanol–water partition coefficient (Wildman–Crippen LogP) is 4.08. The highest BCUT2D eigenvalue weighted by Crippen LogP contribution is 2.32. The number of methoxy groups -OCH3 is 1. The molecule has 0 atom stereocenters. The molecule has 8 heteroatoms. The normalized spacial score (nSPS) is 13.8. The number of anilines is 1. The van der Waals surface area contributed by atoms with Gasteiger partial charge in [-0.15, -0.1) is 0 Å². The van der Waals surface area contributed by atoms with Crippen molar-refractivity contribution < 1.29 is 9.53 Å². The van der Waals surface area contributed by atoms with Crippen LogP contribution in [0.25, 0.3) is 0 Å². The Morgan fingerprint density at radius 2 is 1.71 bits per heavy atom. The van der Waals surface area contributed by atoms with Crippen LogP contribution >= 0.6 is 23.5 Å². The quantitative estimate of drug-likeness (QED) is 0.501. The van der Waals surface area contributed by atoms with Crippen molar-refractivity contribution in [2.45, 2.75) is 14.9 Å². The fraction of sp³-hybridized carbons (Fsp3) is 0.261. The summed E-state index contributed by atoms with van der Waals surface area (Å²) in [5.74, 6) is 1.34. The summed E-state index contributed by atoms with van der Waals surface area (Å²) in [5, 5.41) is 1.62. The second-order valence-electron chi connectivity index (χ2n) is 6.94. The Kier molecular flexibility index (Phi) is 7.32. The number of benzene rings is 2. The Morgan fingerprint density at radius 1 is 0.968 bits per heavy atom. The van der Waals surface area contributed by atoms with E-state index in [4.69, 9.17) is 4.74 Å². The van der Waals surface area contributed by atoms with Crippen LogP contribution < -0.4 is 9.64 Å². The maximum absolute atomic E-state index is 12.8. The average molecular weight is 453 g/mol. The van der Waals surface area contributed by atoms with Crippen LogP contribution in [0.5, 0.6) is 5.75 Å². The number of nitrogens with zero attached hydrogens (tertiary/aromatic N) is 4. The van der Waals surface area contributed by atoms with Gasteiger partial charge in [0.25, 0.3) is 0 Å². The summed E-state index contributed by atoms with van der Waals surface area (Å²) < 4.78 is 5.32. The third kappa shape index (κ3) is 5.71. The number of aromatic nitrogens is 2. The molecule has 1 amide bonds. The lowest BCUT2D eigenvalue weighted by Crippen LogP contribution is -2.49. The number of ether oxygens (including phenoxy) is 1. The van der Waals surface area contributed by atoms with E-state index in [1.165, 1.54) is 11.8 Å². The SMILES string of the molecule is COc1cccc(N2CCN(C(=O)CSc3nccnc3Sc3ccccc3)CC2)c1. The van der Waals surface area contributed by atoms with Gasteiger partial charge in [0.1, 0.15) is 15.8 Å². The number of hydrogen-bond donors (Lipinski definition) is 0. The van der Waals surface area contributed by atoms with Crippen LogP contribution in [0.15, 0.2) is 81.9 Å². The first kappa shape index (κ1) is 21.5. The van der Waals surface area contributed by atoms with Gasteiger partial charge in [-0.1, -0.05) is 47.8 Å². The second-order valence-corrected chi connectivity index (χ2v) is 8.97. The molecule has 6 nitrogen and oxygen atoms in total. The summed E-state index contributed by atoms with van der Waals surface area (Å²) in [7, 11) is 1.67. The highest BCUT2D eigenvalue weighted by Gasteiger charge is 2.22. The number of hydrogen-bond acceptors (Lipinski definition) is 7. The molecule has 2 heterocycles. The van der Waals surface area contributed by atoms with Gasteiger partial charge < -0.3 is 14.5 Å². The van der Waals surface area contributed by atoms with Gasteiger partial charge in [-0.2, -0.15) is 0 Å². The topological polar surface area (TPSA) is 58.6 Å². The summed E-state index contributed by atoms with van der Waals surface area (Å²) in [5.41, 5.74) is 1.13. The molecule has 0 aliphatic carbocycles. The van der Waals surface area contributed by atoms with Crippen LogP contribution in [0.3, 0.4) is 0 Å². The Labute approximate surface area is 191 Å². The van der Waals surface area contributed by atoms with Crippen molar-refractivity contribution in [1.29, 1.82) is 0 Å². The van der Waals surface area contributed by atoms with Gasteiger partial charge in [0.05, 0.1) is 12.9 Å². The maximum atomic E-state index is 12.8. The number of amides is 1. The lowest BCUT2D eigenvalue weighted by Gasteiger charge is -2.36. The highest BCUT2D eigenvalue weighted by atomic mass is 32.2. The van der Waals surface area contributed by atoms with E-state index in [1.807, 2.05) is 53.4 Å². The molecule has 1 fully saturated rings. The standard InChI is InChI=1S/C23H24N4O2S2/c1-29-19-7-5-6-18(16-19)26-12-14-27(15-13-26)21(28)17-30-22-23(25-11-10-24-22)31-20-8-3-2-4-9-20/h2-11,16H,12-15,17H2,1H3. The summed E-state index contributed by atoms with van der Waals surface area (Å²) in [6.07, 6.45) is 3.36. The zero-order chi connectivity index (χ0) is 21.5. The van der Waals surface area contributed by atoms with Crippen molar-refractivity contribution in [2.24, 2.45) is 0 Å². The molecule has 1 aliphatic heterocycles. The first-order valence-electron chi connectivity index (χ1n) is 10.1. The Hall–Kier alpha value is -2.71. The zero-order valence-electron chi connectivity index (χ0n) is 17.3. The number of rotatable bonds is 7. The van der Waals surface area contributed by atoms with E-state index in [0.717, 1.165) is 39.5 Å². The summed E-state index contributed by atoms with van der Waals surface area (Å²) in [6, 6.07) is 18.1. The fourth-order valence-corrected chi connectivity index (χ4v) is 5.15. The minimum atomic E-state index is 0.136. The molecule has 160 valence electrons. The molecule has 0 unspecified atom stereocenters. The number of thioether (sulfide) groups is 1. The van der Waals surface area contributed by atoms with Gasteiger partial charge >= 0.3 is 0 Å². The van der Waals surface area contributed by atoms with Crippen LogP contribution in [0.1, 0.15) is 0 Å². The van der Waals surface area contributed by atoms with Gasteiger partial charge in [-0.3, -0.25) is 4.79 Å². The van der Waals surface area contributed by atoms with E-state index in [2.05, 4.69) is 20.9 Å². The third-order valence-electron chi connectivity index (χ3n) is 4.97. The average Bonchev–Trinajstić information content (AvgIpc) is 2.84. The minimum absolute atomic E-state index is 0.136. The van der Waals surface area contributed by atoms with Crippen LogP contribution in [-0.2, 0) is 4.79 Å². The van der Waals surface area contributed by atoms with Crippen LogP contribution in [0, 0.1) is 0 Å². The van der Waals surface area contributed by atoms with E-state index in [-0.39, 0.29) is 5.91 Å². The van der Waals surface area contributed by atoms with Crippen molar-refractivity contribution in [2.75, 3.05) is 43.9 Å². The van der Waals surface area contributed by atoms with Crippen molar-refractivity contribution in [3.8, 4) is 5.75 Å². The van der Waals surface area contributed by atoms with Gasteiger partial charge in [-0.05, 0) is 24.3 Å². The lowest BCUT2D eigenvalue weighted by atomic mass is 10.2. The van der Waals surface area contributed by atoms with Crippen LogP contribution in [0.4, 0.5) is 5.69 Å². The number of carbonyl (C=O) groups is 1. The van der Waals surface area contributed by atoms with Crippen LogP contribution in [-0.4, -0.2) is 59.8 Å². The van der Waals surface area contributed by atoms with Crippen molar-refractivity contribution in [3.63, 3.8) is 0 Å². The van der Waals surface area contributed by atoms with E-state index < -0.39 is 0 Å². The fourth-order valence-electron chi connectivity index (χ4n) is 3.32. The monoisotopic (exact) mass is 452 g/mol. The largest absolute Gasteiger partial charge is 0.497 e. The zero-order valence-corrected chi connectivity index (χ0v) is 18.9. The summed E-state index contributed by atoms with van der Waals surface area (Å²) in [6.45, 7) is 3.04. The van der Waals surface area contributed by atoms with Crippen molar-refractivity contribution in [1.82, 2.24) is 14.9 Å². The molecule has 31 heavy (non-hydrogen) atoms. The van der Waals surface area contributed by atoms with E-state index in [1.54, 1.807) is 31.3 Å². The summed E-state index contributed by atoms with van der Waals surface area (Å²) in [4.78, 5) is 27.0. The lowest BCUT2D eigenvalue weighted by molar-refractivity contribution is -0.128. The minimum Gasteiger partial charge on any atom is -0.497 e. The molecular formula is C23H24N4O2S2. The molecule has 2 aromatic carbocycles. The predicted molar refractivity (Wildman–Crippen MR) is 125 cm³/mol. The molecule has 0 saturated carbocycles. The van der Waals surface area contributed by atoms with Crippen molar-refractivity contribution in [3.05, 3.63) is 67.0 Å². The second kappa shape index (κ2) is 10.5. The number of carbonyl (C=O) groups excluding carboxylic acids is 1. The first-order chi connectivity index (χ1) is 15.2. The molecule has 0 spiro atoms. The van der Waals surface area contributed by atoms with Gasteiger partial charge in [0, 0.05) is 55.2 Å².